The lowest BCUT2D eigenvalue weighted by atomic mass is 10.1. The molecule has 4 nitrogen and oxygen atoms in total. The molecule has 0 amide bonds. The number of hydrogen-bond acceptors (Lipinski definition) is 4. The lowest BCUT2D eigenvalue weighted by Gasteiger charge is -2.15. The molecule has 3 rings (SSSR count). The standard InChI is InChI=1S/C15H10BrFN2O2/c16-10-5-9(6-14-15(10)21-8-20-14)13(7-18)19-12-4-2-1-3-11(12)17/h1-6,13,19H,8H2. The smallest absolute Gasteiger partial charge is 0.231 e. The third-order valence-electron chi connectivity index (χ3n) is 3.09. The van der Waals surface area contributed by atoms with E-state index in [0.29, 0.717) is 21.5 Å². The molecule has 0 aliphatic carbocycles. The van der Waals surface area contributed by atoms with E-state index in [4.69, 9.17) is 9.47 Å². The summed E-state index contributed by atoms with van der Waals surface area (Å²) in [6.07, 6.45) is 0. The van der Waals surface area contributed by atoms with E-state index < -0.39 is 11.9 Å². The summed E-state index contributed by atoms with van der Waals surface area (Å²) in [6.45, 7) is 0.148. The Hall–Kier alpha value is -2.26. The molecular weight excluding hydrogens is 339 g/mol. The highest BCUT2D eigenvalue weighted by atomic mass is 79.9. The maximum absolute atomic E-state index is 13.7. The minimum absolute atomic E-state index is 0.148. The Kier molecular flexibility index (Phi) is 3.67. The molecule has 0 saturated carbocycles. The van der Waals surface area contributed by atoms with Crippen LogP contribution in [0.4, 0.5) is 10.1 Å². The third-order valence-corrected chi connectivity index (χ3v) is 3.67. The lowest BCUT2D eigenvalue weighted by molar-refractivity contribution is 0.173. The molecule has 0 radical (unpaired) electrons. The van der Waals surface area contributed by atoms with Gasteiger partial charge in [-0.15, -0.1) is 0 Å². The number of benzene rings is 2. The summed E-state index contributed by atoms with van der Waals surface area (Å²) in [4.78, 5) is 0. The van der Waals surface area contributed by atoms with Gasteiger partial charge < -0.3 is 14.8 Å². The van der Waals surface area contributed by atoms with Crippen molar-refractivity contribution in [2.75, 3.05) is 12.1 Å². The first-order valence-corrected chi connectivity index (χ1v) is 6.98. The topological polar surface area (TPSA) is 54.3 Å². The third kappa shape index (κ3) is 2.65. The van der Waals surface area contributed by atoms with Crippen molar-refractivity contribution in [2.45, 2.75) is 6.04 Å². The van der Waals surface area contributed by atoms with Crippen molar-refractivity contribution in [1.29, 1.82) is 5.26 Å². The van der Waals surface area contributed by atoms with Gasteiger partial charge in [-0.2, -0.15) is 5.26 Å². The van der Waals surface area contributed by atoms with Crippen LogP contribution >= 0.6 is 15.9 Å². The van der Waals surface area contributed by atoms with Gasteiger partial charge in [0, 0.05) is 0 Å². The molecule has 1 N–H and O–H groups in total. The Labute approximate surface area is 129 Å². The number of rotatable bonds is 3. The Bertz CT molecular complexity index is 730. The van der Waals surface area contributed by atoms with Crippen molar-refractivity contribution in [3.05, 3.63) is 52.3 Å². The average molecular weight is 349 g/mol. The van der Waals surface area contributed by atoms with Crippen molar-refractivity contribution in [3.63, 3.8) is 0 Å². The van der Waals surface area contributed by atoms with Crippen LogP contribution in [0.15, 0.2) is 40.9 Å². The van der Waals surface area contributed by atoms with Gasteiger partial charge in [0.05, 0.1) is 16.2 Å². The molecule has 6 heteroatoms. The second kappa shape index (κ2) is 5.62. The molecule has 21 heavy (non-hydrogen) atoms. The lowest BCUT2D eigenvalue weighted by Crippen LogP contribution is -2.09. The van der Waals surface area contributed by atoms with Crippen molar-refractivity contribution in [2.24, 2.45) is 0 Å². The van der Waals surface area contributed by atoms with E-state index in [9.17, 15) is 9.65 Å². The first-order chi connectivity index (χ1) is 10.2. The molecule has 0 spiro atoms. The van der Waals surface area contributed by atoms with Crippen molar-refractivity contribution in [1.82, 2.24) is 0 Å². The molecule has 0 fully saturated rings. The Balaban J connectivity index is 1.93. The largest absolute Gasteiger partial charge is 0.454 e. The Morgan fingerprint density at radius 1 is 1.29 bits per heavy atom. The van der Waals surface area contributed by atoms with E-state index in [2.05, 4.69) is 27.3 Å². The Morgan fingerprint density at radius 3 is 2.86 bits per heavy atom. The van der Waals surface area contributed by atoms with Gasteiger partial charge in [0.1, 0.15) is 11.9 Å². The highest BCUT2D eigenvalue weighted by Gasteiger charge is 2.21. The van der Waals surface area contributed by atoms with E-state index in [1.165, 1.54) is 6.07 Å². The fraction of sp³-hybridized carbons (Fsp3) is 0.133. The normalized spacial score (nSPS) is 13.6. The Morgan fingerprint density at radius 2 is 2.10 bits per heavy atom. The summed E-state index contributed by atoms with van der Waals surface area (Å²) in [6, 6.07) is 11.1. The monoisotopic (exact) mass is 348 g/mol. The number of nitrogens with one attached hydrogen (secondary N) is 1. The predicted octanol–water partition coefficient (Wildman–Crippen LogP) is 3.99. The second-order valence-corrected chi connectivity index (χ2v) is 5.28. The summed E-state index contributed by atoms with van der Waals surface area (Å²) in [5.74, 6) is 0.772. The van der Waals surface area contributed by atoms with Crippen molar-refractivity contribution in [3.8, 4) is 17.6 Å². The average Bonchev–Trinajstić information content (AvgIpc) is 2.95. The molecule has 0 bridgehead atoms. The quantitative estimate of drug-likeness (QED) is 0.910. The molecule has 0 saturated heterocycles. The summed E-state index contributed by atoms with van der Waals surface area (Å²) in [5.41, 5.74) is 0.940. The zero-order valence-electron chi connectivity index (χ0n) is 10.8. The molecular formula is C15H10BrFN2O2. The van der Waals surface area contributed by atoms with Gasteiger partial charge in [-0.05, 0) is 45.8 Å². The molecule has 1 atom stereocenters. The number of nitriles is 1. The maximum atomic E-state index is 13.7. The minimum Gasteiger partial charge on any atom is -0.454 e. The van der Waals surface area contributed by atoms with E-state index >= 15 is 0 Å². The number of fused-ring (bicyclic) bond motifs is 1. The summed E-state index contributed by atoms with van der Waals surface area (Å²) in [7, 11) is 0. The van der Waals surface area contributed by atoms with E-state index in [-0.39, 0.29) is 12.5 Å². The number of anilines is 1. The fourth-order valence-corrected chi connectivity index (χ4v) is 2.65. The predicted molar refractivity (Wildman–Crippen MR) is 78.6 cm³/mol. The number of halogens is 2. The van der Waals surface area contributed by atoms with Crippen LogP contribution in [0.3, 0.4) is 0 Å². The van der Waals surface area contributed by atoms with Crippen LogP contribution in [0.2, 0.25) is 0 Å². The summed E-state index contributed by atoms with van der Waals surface area (Å²) >= 11 is 3.38. The number of para-hydroxylation sites is 1. The number of ether oxygens (including phenoxy) is 2. The molecule has 1 heterocycles. The van der Waals surface area contributed by atoms with Crippen LogP contribution in [0.5, 0.6) is 11.5 Å². The number of hydrogen-bond donors (Lipinski definition) is 1. The van der Waals surface area contributed by atoms with Crippen LogP contribution in [0.25, 0.3) is 0 Å². The molecule has 1 unspecified atom stereocenters. The van der Waals surface area contributed by atoms with E-state index in [1.54, 1.807) is 30.3 Å². The van der Waals surface area contributed by atoms with Crippen LogP contribution in [-0.4, -0.2) is 6.79 Å². The van der Waals surface area contributed by atoms with Gasteiger partial charge in [0.15, 0.2) is 11.5 Å². The second-order valence-electron chi connectivity index (χ2n) is 4.42. The van der Waals surface area contributed by atoms with Crippen LogP contribution < -0.4 is 14.8 Å². The van der Waals surface area contributed by atoms with Gasteiger partial charge in [0.2, 0.25) is 6.79 Å². The first kappa shape index (κ1) is 13.7. The fourth-order valence-electron chi connectivity index (χ4n) is 2.08. The minimum atomic E-state index is -0.701. The van der Waals surface area contributed by atoms with E-state index in [0.717, 1.165) is 0 Å². The summed E-state index contributed by atoms with van der Waals surface area (Å²) < 4.78 is 25.0. The van der Waals surface area contributed by atoms with Gasteiger partial charge in [-0.3, -0.25) is 0 Å². The maximum Gasteiger partial charge on any atom is 0.231 e. The molecule has 0 aromatic heterocycles. The van der Waals surface area contributed by atoms with Gasteiger partial charge >= 0.3 is 0 Å². The summed E-state index contributed by atoms with van der Waals surface area (Å²) in [5, 5.41) is 12.2. The molecule has 2 aromatic carbocycles. The molecule has 106 valence electrons. The molecule has 1 aliphatic rings. The highest BCUT2D eigenvalue weighted by Crippen LogP contribution is 2.41. The van der Waals surface area contributed by atoms with Gasteiger partial charge in [-0.25, -0.2) is 4.39 Å². The molecule has 2 aromatic rings. The highest BCUT2D eigenvalue weighted by molar-refractivity contribution is 9.10. The van der Waals surface area contributed by atoms with E-state index in [1.807, 2.05) is 0 Å². The van der Waals surface area contributed by atoms with Gasteiger partial charge in [-0.1, -0.05) is 12.1 Å². The van der Waals surface area contributed by atoms with Gasteiger partial charge in [0.25, 0.3) is 0 Å². The van der Waals surface area contributed by atoms with Crippen molar-refractivity contribution >= 4 is 21.6 Å². The van der Waals surface area contributed by atoms with Crippen LogP contribution in [-0.2, 0) is 0 Å². The van der Waals surface area contributed by atoms with Crippen LogP contribution in [0.1, 0.15) is 11.6 Å². The molecule has 1 aliphatic heterocycles. The number of nitrogens with zero attached hydrogens (tertiary/aromatic N) is 1. The SMILES string of the molecule is N#CC(Nc1ccccc1F)c1cc(Br)c2c(c1)OCO2. The first-order valence-electron chi connectivity index (χ1n) is 6.19. The zero-order valence-corrected chi connectivity index (χ0v) is 12.4. The van der Waals surface area contributed by atoms with Crippen molar-refractivity contribution < 1.29 is 13.9 Å². The zero-order chi connectivity index (χ0) is 14.8. The van der Waals surface area contributed by atoms with Crippen LogP contribution in [0, 0.1) is 17.1 Å².